The Hall–Kier alpha value is -0.900. The van der Waals surface area contributed by atoms with Crippen LogP contribution in [0.25, 0.3) is 0 Å². The Kier molecular flexibility index (Phi) is 5.17. The first-order chi connectivity index (χ1) is 8.85. The van der Waals surface area contributed by atoms with Crippen LogP contribution in [0, 0.1) is 5.92 Å². The molecule has 0 atom stereocenters. The van der Waals surface area contributed by atoms with E-state index in [1.54, 1.807) is 0 Å². The first kappa shape index (κ1) is 13.5. The van der Waals surface area contributed by atoms with Gasteiger partial charge in [0.05, 0.1) is 0 Å². The van der Waals surface area contributed by atoms with Crippen LogP contribution in [0.1, 0.15) is 63.5 Å². The minimum absolute atomic E-state index is 0.00231. The summed E-state index contributed by atoms with van der Waals surface area (Å²) in [5.41, 5.74) is 0. The Bertz CT molecular complexity index is 354. The van der Waals surface area contributed by atoms with Gasteiger partial charge in [-0.25, -0.2) is 0 Å². The van der Waals surface area contributed by atoms with Gasteiger partial charge in [0.15, 0.2) is 5.82 Å². The molecule has 0 aromatic carbocycles. The first-order valence-electron chi connectivity index (χ1n) is 7.37. The third kappa shape index (κ3) is 3.31. The highest BCUT2D eigenvalue weighted by molar-refractivity contribution is 4.96. The molecular formula is C14H25N3O. The second-order valence-electron chi connectivity index (χ2n) is 5.40. The van der Waals surface area contributed by atoms with E-state index in [-0.39, 0.29) is 6.61 Å². The largest absolute Gasteiger partial charge is 0.388 e. The molecule has 18 heavy (non-hydrogen) atoms. The van der Waals surface area contributed by atoms with Crippen molar-refractivity contribution in [1.29, 1.82) is 0 Å². The van der Waals surface area contributed by atoms with Crippen LogP contribution in [0.15, 0.2) is 0 Å². The van der Waals surface area contributed by atoms with Gasteiger partial charge in [0.2, 0.25) is 0 Å². The Labute approximate surface area is 109 Å². The van der Waals surface area contributed by atoms with Gasteiger partial charge in [0.25, 0.3) is 0 Å². The van der Waals surface area contributed by atoms with Crippen LogP contribution in [-0.2, 0) is 19.6 Å². The molecule has 2 rings (SSSR count). The average Bonchev–Trinajstić information content (AvgIpc) is 2.60. The summed E-state index contributed by atoms with van der Waals surface area (Å²) in [6.07, 6.45) is 10.2. The van der Waals surface area contributed by atoms with Crippen molar-refractivity contribution < 1.29 is 5.11 Å². The van der Waals surface area contributed by atoms with E-state index in [1.807, 2.05) is 0 Å². The molecule has 102 valence electrons. The molecule has 1 N–H and O–H groups in total. The number of aromatic nitrogens is 3. The molecule has 0 amide bonds. The summed E-state index contributed by atoms with van der Waals surface area (Å²) in [6, 6.07) is 0. The van der Waals surface area contributed by atoms with Crippen LogP contribution in [0.2, 0.25) is 0 Å². The lowest BCUT2D eigenvalue weighted by atomic mass is 9.96. The summed E-state index contributed by atoms with van der Waals surface area (Å²) in [7, 11) is 0. The summed E-state index contributed by atoms with van der Waals surface area (Å²) >= 11 is 0. The lowest BCUT2D eigenvalue weighted by Gasteiger charge is -2.14. The maximum atomic E-state index is 9.29. The predicted molar refractivity (Wildman–Crippen MR) is 71.1 cm³/mol. The smallest absolute Gasteiger partial charge is 0.158 e. The van der Waals surface area contributed by atoms with Crippen LogP contribution in [0.4, 0.5) is 0 Å². The molecule has 1 aliphatic carbocycles. The first-order valence-corrected chi connectivity index (χ1v) is 7.37. The SMILES string of the molecule is CCCn1c(CO)nnc1CC1CCCCCC1. The normalized spacial score (nSPS) is 17.9. The molecule has 4 heteroatoms. The van der Waals surface area contributed by atoms with E-state index in [0.29, 0.717) is 0 Å². The Morgan fingerprint density at radius 3 is 2.39 bits per heavy atom. The molecule has 1 aromatic heterocycles. The molecule has 4 nitrogen and oxygen atoms in total. The Morgan fingerprint density at radius 2 is 1.78 bits per heavy atom. The van der Waals surface area contributed by atoms with Crippen LogP contribution >= 0.6 is 0 Å². The van der Waals surface area contributed by atoms with Crippen LogP contribution < -0.4 is 0 Å². The standard InChI is InChI=1S/C14H25N3O/c1-2-9-17-13(15-16-14(17)11-18)10-12-7-5-3-4-6-8-12/h12,18H,2-11H2,1H3. The van der Waals surface area contributed by atoms with Gasteiger partial charge < -0.3 is 9.67 Å². The second-order valence-corrected chi connectivity index (χ2v) is 5.40. The van der Waals surface area contributed by atoms with Crippen molar-refractivity contribution in [3.05, 3.63) is 11.6 Å². The van der Waals surface area contributed by atoms with E-state index in [2.05, 4.69) is 21.7 Å². The number of rotatable bonds is 5. The third-order valence-corrected chi connectivity index (χ3v) is 3.94. The van der Waals surface area contributed by atoms with Gasteiger partial charge in [-0.3, -0.25) is 0 Å². The van der Waals surface area contributed by atoms with E-state index in [4.69, 9.17) is 0 Å². The molecule has 1 aromatic rings. The molecule has 1 fully saturated rings. The molecule has 0 bridgehead atoms. The van der Waals surface area contributed by atoms with Crippen molar-refractivity contribution >= 4 is 0 Å². The quantitative estimate of drug-likeness (QED) is 0.819. The molecule has 0 radical (unpaired) electrons. The number of aliphatic hydroxyl groups excluding tert-OH is 1. The molecule has 0 saturated heterocycles. The maximum absolute atomic E-state index is 9.29. The van der Waals surface area contributed by atoms with Gasteiger partial charge in [0, 0.05) is 13.0 Å². The minimum atomic E-state index is -0.00231. The zero-order chi connectivity index (χ0) is 12.8. The van der Waals surface area contributed by atoms with Gasteiger partial charge >= 0.3 is 0 Å². The average molecular weight is 251 g/mol. The van der Waals surface area contributed by atoms with Crippen LogP contribution in [0.3, 0.4) is 0 Å². The Balaban J connectivity index is 2.04. The number of nitrogens with zero attached hydrogens (tertiary/aromatic N) is 3. The van der Waals surface area contributed by atoms with Gasteiger partial charge in [-0.2, -0.15) is 0 Å². The summed E-state index contributed by atoms with van der Waals surface area (Å²) in [4.78, 5) is 0. The van der Waals surface area contributed by atoms with E-state index in [9.17, 15) is 5.11 Å². The molecular weight excluding hydrogens is 226 g/mol. The maximum Gasteiger partial charge on any atom is 0.158 e. The number of hydrogen-bond donors (Lipinski definition) is 1. The Morgan fingerprint density at radius 1 is 1.11 bits per heavy atom. The second kappa shape index (κ2) is 6.88. The van der Waals surface area contributed by atoms with E-state index < -0.39 is 0 Å². The molecule has 1 aliphatic rings. The zero-order valence-corrected chi connectivity index (χ0v) is 11.4. The molecule has 0 aliphatic heterocycles. The van der Waals surface area contributed by atoms with E-state index in [0.717, 1.165) is 37.0 Å². The summed E-state index contributed by atoms with van der Waals surface area (Å²) in [5, 5.41) is 17.7. The van der Waals surface area contributed by atoms with Gasteiger partial charge in [-0.05, 0) is 12.3 Å². The molecule has 0 unspecified atom stereocenters. The highest BCUT2D eigenvalue weighted by Gasteiger charge is 2.17. The fourth-order valence-corrected chi connectivity index (χ4v) is 2.95. The van der Waals surface area contributed by atoms with Gasteiger partial charge in [-0.15, -0.1) is 10.2 Å². The van der Waals surface area contributed by atoms with Crippen molar-refractivity contribution in [1.82, 2.24) is 14.8 Å². The number of hydrogen-bond acceptors (Lipinski definition) is 3. The van der Waals surface area contributed by atoms with Gasteiger partial charge in [-0.1, -0.05) is 45.4 Å². The van der Waals surface area contributed by atoms with Crippen molar-refractivity contribution in [2.24, 2.45) is 5.92 Å². The fraction of sp³-hybridized carbons (Fsp3) is 0.857. The monoisotopic (exact) mass is 251 g/mol. The highest BCUT2D eigenvalue weighted by atomic mass is 16.3. The molecule has 1 saturated carbocycles. The molecule has 0 spiro atoms. The highest BCUT2D eigenvalue weighted by Crippen LogP contribution is 2.25. The third-order valence-electron chi connectivity index (χ3n) is 3.94. The fourth-order valence-electron chi connectivity index (χ4n) is 2.95. The number of aliphatic hydroxyl groups is 1. The molecule has 1 heterocycles. The van der Waals surface area contributed by atoms with E-state index >= 15 is 0 Å². The summed E-state index contributed by atoms with van der Waals surface area (Å²) in [5.74, 6) is 2.56. The summed E-state index contributed by atoms with van der Waals surface area (Å²) in [6.45, 7) is 3.07. The van der Waals surface area contributed by atoms with E-state index in [1.165, 1.54) is 38.5 Å². The van der Waals surface area contributed by atoms with Gasteiger partial charge in [0.1, 0.15) is 12.4 Å². The van der Waals surface area contributed by atoms with Crippen molar-refractivity contribution in [3.8, 4) is 0 Å². The van der Waals surface area contributed by atoms with Crippen LogP contribution in [-0.4, -0.2) is 19.9 Å². The lowest BCUT2D eigenvalue weighted by Crippen LogP contribution is -2.12. The lowest BCUT2D eigenvalue weighted by molar-refractivity contribution is 0.263. The zero-order valence-electron chi connectivity index (χ0n) is 11.4. The topological polar surface area (TPSA) is 50.9 Å². The summed E-state index contributed by atoms with van der Waals surface area (Å²) < 4.78 is 2.12. The minimum Gasteiger partial charge on any atom is -0.388 e. The predicted octanol–water partition coefficient (Wildman–Crippen LogP) is 2.69. The van der Waals surface area contributed by atoms with Crippen LogP contribution in [0.5, 0.6) is 0 Å². The van der Waals surface area contributed by atoms with Crippen molar-refractivity contribution in [2.45, 2.75) is 71.4 Å². The van der Waals surface area contributed by atoms with Crippen molar-refractivity contribution in [3.63, 3.8) is 0 Å². The van der Waals surface area contributed by atoms with Crippen molar-refractivity contribution in [2.75, 3.05) is 0 Å².